The third-order valence-electron chi connectivity index (χ3n) is 4.14. The molecule has 156 valence electrons. The van der Waals surface area contributed by atoms with Gasteiger partial charge in [-0.15, -0.1) is 9.35 Å². The summed E-state index contributed by atoms with van der Waals surface area (Å²) in [5.74, 6) is -1.86. The highest BCUT2D eigenvalue weighted by atomic mass is 32.2. The molecule has 1 aliphatic rings. The Balaban J connectivity index is 2.12. The van der Waals surface area contributed by atoms with Gasteiger partial charge in [0.15, 0.2) is 12.1 Å². The number of hydrogen-bond acceptors (Lipinski definition) is 7. The number of hydroxylamine groups is 2. The second kappa shape index (κ2) is 7.28. The van der Waals surface area contributed by atoms with E-state index in [0.29, 0.717) is 11.8 Å². The average molecular weight is 432 g/mol. The Bertz CT molecular complexity index is 1100. The molecule has 1 atom stereocenters. The minimum atomic E-state index is -6.16. The molecule has 0 radical (unpaired) electrons. The Morgan fingerprint density at radius 2 is 1.90 bits per heavy atom. The zero-order valence-corrected chi connectivity index (χ0v) is 15.9. The van der Waals surface area contributed by atoms with Gasteiger partial charge >= 0.3 is 15.6 Å². The fourth-order valence-corrected chi connectivity index (χ4v) is 3.24. The maximum absolute atomic E-state index is 12.7. The number of hydrogen-bond donors (Lipinski definition) is 1. The van der Waals surface area contributed by atoms with E-state index in [1.807, 2.05) is 0 Å². The molecule has 0 saturated heterocycles. The van der Waals surface area contributed by atoms with Crippen molar-refractivity contribution in [1.82, 2.24) is 5.06 Å². The van der Waals surface area contributed by atoms with Crippen LogP contribution < -0.4 is 4.74 Å². The maximum atomic E-state index is 12.7. The molecule has 0 fully saturated rings. The SMILES string of the molecule is CCC(OC)Oc1cc2c3c(cccc3c1)C(=O)N(OS(=O)(=O)C(F)(F)F)C2=N. The molecule has 2 aromatic carbocycles. The van der Waals surface area contributed by atoms with E-state index in [0.717, 1.165) is 0 Å². The molecule has 1 aliphatic heterocycles. The highest BCUT2D eigenvalue weighted by molar-refractivity contribution is 7.87. The molecule has 1 heterocycles. The number of nitrogens with one attached hydrogen (secondary N) is 1. The van der Waals surface area contributed by atoms with Crippen molar-refractivity contribution in [2.24, 2.45) is 0 Å². The van der Waals surface area contributed by atoms with Crippen LogP contribution in [0.5, 0.6) is 5.75 Å². The molecule has 0 aromatic heterocycles. The molecule has 8 nitrogen and oxygen atoms in total. The third-order valence-corrected chi connectivity index (χ3v) is 5.06. The molecule has 0 saturated carbocycles. The van der Waals surface area contributed by atoms with E-state index < -0.39 is 33.7 Å². The lowest BCUT2D eigenvalue weighted by molar-refractivity contribution is -0.0700. The number of benzene rings is 2. The maximum Gasteiger partial charge on any atom is 0.525 e. The smallest absolute Gasteiger partial charge is 0.465 e. The van der Waals surface area contributed by atoms with E-state index in [9.17, 15) is 26.4 Å². The first-order chi connectivity index (χ1) is 13.5. The van der Waals surface area contributed by atoms with Crippen LogP contribution in [0.1, 0.15) is 29.3 Å². The lowest BCUT2D eigenvalue weighted by Gasteiger charge is -2.28. The summed E-state index contributed by atoms with van der Waals surface area (Å²) in [6.45, 7) is 1.80. The topological polar surface area (TPSA) is 106 Å². The zero-order chi connectivity index (χ0) is 21.6. The number of amides is 1. The van der Waals surface area contributed by atoms with Gasteiger partial charge in [0, 0.05) is 24.5 Å². The molecule has 1 N–H and O–H groups in total. The lowest BCUT2D eigenvalue weighted by Crippen LogP contribution is -2.44. The minimum absolute atomic E-state index is 0.0315. The molecule has 12 heteroatoms. The van der Waals surface area contributed by atoms with E-state index >= 15 is 0 Å². The summed E-state index contributed by atoms with van der Waals surface area (Å²) in [6, 6.07) is 7.25. The van der Waals surface area contributed by atoms with Crippen molar-refractivity contribution in [1.29, 1.82) is 5.41 Å². The molecule has 29 heavy (non-hydrogen) atoms. The van der Waals surface area contributed by atoms with E-state index in [1.54, 1.807) is 19.1 Å². The van der Waals surface area contributed by atoms with E-state index in [4.69, 9.17) is 14.9 Å². The monoisotopic (exact) mass is 432 g/mol. The predicted molar refractivity (Wildman–Crippen MR) is 94.7 cm³/mol. The minimum Gasteiger partial charge on any atom is -0.465 e. The molecule has 2 aromatic rings. The first-order valence-electron chi connectivity index (χ1n) is 8.20. The lowest BCUT2D eigenvalue weighted by atomic mass is 9.94. The highest BCUT2D eigenvalue weighted by Gasteiger charge is 2.51. The van der Waals surface area contributed by atoms with E-state index in [1.165, 1.54) is 25.3 Å². The first kappa shape index (κ1) is 21.0. The van der Waals surface area contributed by atoms with Crippen molar-refractivity contribution < 1.29 is 40.1 Å². The molecular formula is C17H15F3N2O6S. The van der Waals surface area contributed by atoms with Crippen LogP contribution in [-0.2, 0) is 19.1 Å². The van der Waals surface area contributed by atoms with Crippen LogP contribution in [0.3, 0.4) is 0 Å². The van der Waals surface area contributed by atoms with Crippen LogP contribution in [0, 0.1) is 5.41 Å². The molecular weight excluding hydrogens is 417 g/mol. The number of halogens is 3. The summed E-state index contributed by atoms with van der Waals surface area (Å²) in [4.78, 5) is 12.6. The van der Waals surface area contributed by atoms with Crippen LogP contribution in [0.2, 0.25) is 0 Å². The van der Waals surface area contributed by atoms with Gasteiger partial charge in [0.1, 0.15) is 5.75 Å². The van der Waals surface area contributed by atoms with Gasteiger partial charge in [0.2, 0.25) is 0 Å². The number of rotatable bonds is 6. The number of nitrogens with zero attached hydrogens (tertiary/aromatic N) is 1. The van der Waals surface area contributed by atoms with Gasteiger partial charge in [0.05, 0.1) is 5.56 Å². The van der Waals surface area contributed by atoms with Gasteiger partial charge in [-0.1, -0.05) is 19.1 Å². The van der Waals surface area contributed by atoms with Crippen molar-refractivity contribution >= 4 is 32.6 Å². The van der Waals surface area contributed by atoms with Crippen molar-refractivity contribution in [3.05, 3.63) is 41.5 Å². The molecule has 0 bridgehead atoms. The Morgan fingerprint density at radius 3 is 2.48 bits per heavy atom. The van der Waals surface area contributed by atoms with Crippen LogP contribution >= 0.6 is 0 Å². The fourth-order valence-electron chi connectivity index (χ4n) is 2.82. The van der Waals surface area contributed by atoms with Crippen LogP contribution in [0.15, 0.2) is 30.3 Å². The van der Waals surface area contributed by atoms with Crippen molar-refractivity contribution in [2.75, 3.05) is 7.11 Å². The number of methoxy groups -OCH3 is 1. The summed E-state index contributed by atoms with van der Waals surface area (Å²) in [5, 5.41) is 8.65. The second-order valence-electron chi connectivity index (χ2n) is 5.99. The molecule has 0 aliphatic carbocycles. The van der Waals surface area contributed by atoms with E-state index in [2.05, 4.69) is 4.28 Å². The predicted octanol–water partition coefficient (Wildman–Crippen LogP) is 3.16. The van der Waals surface area contributed by atoms with Crippen LogP contribution in [0.4, 0.5) is 13.2 Å². The highest BCUT2D eigenvalue weighted by Crippen LogP contribution is 2.35. The quantitative estimate of drug-likeness (QED) is 0.555. The number of carbonyl (C=O) groups is 1. The molecule has 1 amide bonds. The van der Waals surface area contributed by atoms with Crippen LogP contribution in [0.25, 0.3) is 10.8 Å². The zero-order valence-electron chi connectivity index (χ0n) is 15.1. The van der Waals surface area contributed by atoms with E-state index in [-0.39, 0.29) is 27.3 Å². The molecule has 3 rings (SSSR count). The largest absolute Gasteiger partial charge is 0.525 e. The molecule has 0 spiro atoms. The number of ether oxygens (including phenoxy) is 2. The summed E-state index contributed by atoms with van der Waals surface area (Å²) in [6.07, 6.45) is -0.140. The standard InChI is InChI=1S/C17H15F3N2O6S/c1-3-13(26-2)27-10-7-9-5-4-6-11-14(9)12(8-10)15(21)22(16(11)23)28-29(24,25)17(18,19)20/h4-8,13,21H,3H2,1-2H3. The Morgan fingerprint density at radius 1 is 1.21 bits per heavy atom. The summed E-state index contributed by atoms with van der Waals surface area (Å²) >= 11 is 0. The van der Waals surface area contributed by atoms with Gasteiger partial charge in [-0.25, -0.2) is 0 Å². The van der Waals surface area contributed by atoms with Gasteiger partial charge in [-0.05, 0) is 23.6 Å². The summed E-state index contributed by atoms with van der Waals surface area (Å²) < 4.78 is 75.6. The van der Waals surface area contributed by atoms with Crippen molar-refractivity contribution in [3.8, 4) is 5.75 Å². The summed E-state index contributed by atoms with van der Waals surface area (Å²) in [7, 11) is -4.73. The normalized spacial score (nSPS) is 15.7. The molecule has 1 unspecified atom stereocenters. The van der Waals surface area contributed by atoms with Gasteiger partial charge in [-0.3, -0.25) is 10.2 Å². The number of amidine groups is 1. The van der Waals surface area contributed by atoms with Crippen molar-refractivity contribution in [3.63, 3.8) is 0 Å². The van der Waals surface area contributed by atoms with Gasteiger partial charge in [-0.2, -0.15) is 21.6 Å². The van der Waals surface area contributed by atoms with Gasteiger partial charge < -0.3 is 9.47 Å². The van der Waals surface area contributed by atoms with Crippen LogP contribution in [-0.4, -0.2) is 44.1 Å². The number of carbonyl (C=O) groups excluding carboxylic acids is 1. The van der Waals surface area contributed by atoms with Crippen molar-refractivity contribution in [2.45, 2.75) is 25.1 Å². The second-order valence-corrected chi connectivity index (χ2v) is 7.51. The average Bonchev–Trinajstić information content (AvgIpc) is 2.66. The summed E-state index contributed by atoms with van der Waals surface area (Å²) in [5.41, 5.74) is -5.91. The fraction of sp³-hybridized carbons (Fsp3) is 0.294. The Hall–Kier alpha value is -2.70. The Kier molecular flexibility index (Phi) is 5.28. The third kappa shape index (κ3) is 3.66. The Labute approximate surface area is 163 Å². The number of alkyl halides is 3. The van der Waals surface area contributed by atoms with Gasteiger partial charge in [0.25, 0.3) is 5.91 Å². The first-order valence-corrected chi connectivity index (χ1v) is 9.61.